The van der Waals surface area contributed by atoms with Crippen molar-refractivity contribution in [2.75, 3.05) is 19.8 Å². The van der Waals surface area contributed by atoms with Crippen molar-refractivity contribution in [2.24, 2.45) is 0 Å². The van der Waals surface area contributed by atoms with Crippen LogP contribution in [0.15, 0.2) is 12.1 Å². The van der Waals surface area contributed by atoms with E-state index in [1.54, 1.807) is 6.07 Å². The highest BCUT2D eigenvalue weighted by molar-refractivity contribution is 5.44. The van der Waals surface area contributed by atoms with Crippen LogP contribution in [0.4, 0.5) is 0 Å². The normalized spacial score (nSPS) is 9.80. The Morgan fingerprint density at radius 1 is 1.00 bits per heavy atom. The minimum atomic E-state index is 0.601. The summed E-state index contributed by atoms with van der Waals surface area (Å²) in [5.74, 6) is 2.08. The van der Waals surface area contributed by atoms with Gasteiger partial charge < -0.3 is 14.2 Å². The maximum Gasteiger partial charge on any atom is 0.169 e. The van der Waals surface area contributed by atoms with Gasteiger partial charge >= 0.3 is 0 Å². The monoisotopic (exact) mass is 209 g/mol. The van der Waals surface area contributed by atoms with Crippen molar-refractivity contribution < 1.29 is 14.2 Å². The molecule has 0 saturated heterocycles. The molecule has 1 aromatic rings. The van der Waals surface area contributed by atoms with E-state index in [9.17, 15) is 0 Å². The van der Waals surface area contributed by atoms with Crippen molar-refractivity contribution in [3.63, 3.8) is 0 Å². The topological polar surface area (TPSA) is 27.7 Å². The Labute approximate surface area is 91.0 Å². The van der Waals surface area contributed by atoms with E-state index in [0.29, 0.717) is 31.3 Å². The Morgan fingerprint density at radius 2 is 1.67 bits per heavy atom. The van der Waals surface area contributed by atoms with E-state index in [-0.39, 0.29) is 0 Å². The summed E-state index contributed by atoms with van der Waals surface area (Å²) in [4.78, 5) is 0. The van der Waals surface area contributed by atoms with E-state index in [0.717, 1.165) is 5.75 Å². The molecule has 3 nitrogen and oxygen atoms in total. The maximum atomic E-state index is 5.44. The third-order valence-electron chi connectivity index (χ3n) is 1.74. The minimum Gasteiger partial charge on any atom is -0.494 e. The van der Waals surface area contributed by atoms with Crippen molar-refractivity contribution in [1.29, 1.82) is 0 Å². The highest BCUT2D eigenvalue weighted by atomic mass is 16.5. The average molecular weight is 209 g/mol. The molecule has 0 fully saturated rings. The van der Waals surface area contributed by atoms with Crippen LogP contribution in [0.2, 0.25) is 0 Å². The van der Waals surface area contributed by atoms with Crippen LogP contribution in [-0.4, -0.2) is 19.8 Å². The maximum absolute atomic E-state index is 5.44. The van der Waals surface area contributed by atoms with Gasteiger partial charge in [0, 0.05) is 12.1 Å². The SMILES string of the molecule is CCOc1c[c]c(OCC)c(OCC)c1. The molecule has 0 aromatic heterocycles. The van der Waals surface area contributed by atoms with Gasteiger partial charge in [-0.25, -0.2) is 0 Å². The Kier molecular flexibility index (Phi) is 4.81. The van der Waals surface area contributed by atoms with Gasteiger partial charge in [-0.1, -0.05) is 0 Å². The van der Waals surface area contributed by atoms with Crippen LogP contribution >= 0.6 is 0 Å². The van der Waals surface area contributed by atoms with Gasteiger partial charge in [0.2, 0.25) is 0 Å². The minimum absolute atomic E-state index is 0.601. The molecule has 0 saturated carbocycles. The second kappa shape index (κ2) is 6.17. The Morgan fingerprint density at radius 3 is 2.27 bits per heavy atom. The lowest BCUT2D eigenvalue weighted by Crippen LogP contribution is -1.99. The van der Waals surface area contributed by atoms with E-state index in [1.165, 1.54) is 0 Å². The zero-order valence-corrected chi connectivity index (χ0v) is 9.50. The summed E-state index contributed by atoms with van der Waals surface area (Å²) in [7, 11) is 0. The zero-order valence-electron chi connectivity index (χ0n) is 9.50. The second-order valence-electron chi connectivity index (χ2n) is 2.83. The number of ether oxygens (including phenoxy) is 3. The van der Waals surface area contributed by atoms with Crippen LogP contribution in [0, 0.1) is 6.07 Å². The Balaban J connectivity index is 2.87. The predicted octanol–water partition coefficient (Wildman–Crippen LogP) is 2.68. The van der Waals surface area contributed by atoms with E-state index in [4.69, 9.17) is 14.2 Å². The van der Waals surface area contributed by atoms with E-state index in [1.807, 2.05) is 26.8 Å². The molecule has 3 heteroatoms. The molecule has 0 spiro atoms. The smallest absolute Gasteiger partial charge is 0.169 e. The van der Waals surface area contributed by atoms with Crippen LogP contribution in [0.1, 0.15) is 20.8 Å². The summed E-state index contributed by atoms with van der Waals surface area (Å²) < 4.78 is 16.2. The summed E-state index contributed by atoms with van der Waals surface area (Å²) in [6.45, 7) is 7.64. The first-order valence-electron chi connectivity index (χ1n) is 5.25. The van der Waals surface area contributed by atoms with Gasteiger partial charge in [-0.2, -0.15) is 0 Å². The van der Waals surface area contributed by atoms with E-state index >= 15 is 0 Å². The van der Waals surface area contributed by atoms with Crippen LogP contribution in [0.5, 0.6) is 17.2 Å². The molecule has 0 N–H and O–H groups in total. The van der Waals surface area contributed by atoms with Crippen LogP contribution in [-0.2, 0) is 0 Å². The molecule has 0 aliphatic rings. The first-order valence-corrected chi connectivity index (χ1v) is 5.25. The van der Waals surface area contributed by atoms with Crippen molar-refractivity contribution in [3.8, 4) is 17.2 Å². The lowest BCUT2D eigenvalue weighted by molar-refractivity contribution is 0.282. The van der Waals surface area contributed by atoms with Gasteiger partial charge in [-0.05, 0) is 26.8 Å². The lowest BCUT2D eigenvalue weighted by Gasteiger charge is -2.11. The summed E-state index contributed by atoms with van der Waals surface area (Å²) in [6.07, 6.45) is 0. The standard InChI is InChI=1S/C12H17O3/c1-4-13-10-7-8-11(14-5-2)12(9-10)15-6-3/h7,9H,4-6H2,1-3H3. The van der Waals surface area contributed by atoms with Crippen LogP contribution in [0.3, 0.4) is 0 Å². The number of rotatable bonds is 6. The summed E-state index contributed by atoms with van der Waals surface area (Å²) in [6, 6.07) is 6.59. The number of benzene rings is 1. The molecule has 0 amide bonds. The zero-order chi connectivity index (χ0) is 11.1. The lowest BCUT2D eigenvalue weighted by atomic mass is 10.3. The number of hydrogen-bond acceptors (Lipinski definition) is 3. The van der Waals surface area contributed by atoms with Crippen molar-refractivity contribution in [1.82, 2.24) is 0 Å². The quantitative estimate of drug-likeness (QED) is 0.721. The van der Waals surface area contributed by atoms with Crippen molar-refractivity contribution >= 4 is 0 Å². The fourth-order valence-corrected chi connectivity index (χ4v) is 1.21. The van der Waals surface area contributed by atoms with E-state index < -0.39 is 0 Å². The molecule has 0 unspecified atom stereocenters. The average Bonchev–Trinajstić information content (AvgIpc) is 2.23. The third kappa shape index (κ3) is 3.35. The molecule has 0 aliphatic heterocycles. The second-order valence-corrected chi connectivity index (χ2v) is 2.83. The number of hydrogen-bond donors (Lipinski definition) is 0. The summed E-state index contributed by atoms with van der Waals surface area (Å²) >= 11 is 0. The van der Waals surface area contributed by atoms with Gasteiger partial charge in [0.15, 0.2) is 11.5 Å². The molecule has 1 radical (unpaired) electrons. The van der Waals surface area contributed by atoms with E-state index in [2.05, 4.69) is 6.07 Å². The molecule has 1 aromatic carbocycles. The molecular weight excluding hydrogens is 192 g/mol. The van der Waals surface area contributed by atoms with Gasteiger partial charge in [0.25, 0.3) is 0 Å². The molecular formula is C12H17O3. The predicted molar refractivity (Wildman–Crippen MR) is 58.8 cm³/mol. The fourth-order valence-electron chi connectivity index (χ4n) is 1.21. The Hall–Kier alpha value is -1.38. The fraction of sp³-hybridized carbons (Fsp3) is 0.500. The van der Waals surface area contributed by atoms with Crippen LogP contribution in [0.25, 0.3) is 0 Å². The largest absolute Gasteiger partial charge is 0.494 e. The highest BCUT2D eigenvalue weighted by Gasteiger charge is 2.06. The van der Waals surface area contributed by atoms with Gasteiger partial charge in [0.1, 0.15) is 5.75 Å². The molecule has 0 bridgehead atoms. The van der Waals surface area contributed by atoms with Crippen molar-refractivity contribution in [3.05, 3.63) is 18.2 Å². The molecule has 0 atom stereocenters. The molecule has 15 heavy (non-hydrogen) atoms. The Bertz CT molecular complexity index is 297. The van der Waals surface area contributed by atoms with Gasteiger partial charge in [-0.15, -0.1) is 0 Å². The molecule has 83 valence electrons. The summed E-state index contributed by atoms with van der Waals surface area (Å²) in [5.41, 5.74) is 0. The van der Waals surface area contributed by atoms with Gasteiger partial charge in [0.05, 0.1) is 19.8 Å². The third-order valence-corrected chi connectivity index (χ3v) is 1.74. The highest BCUT2D eigenvalue weighted by Crippen LogP contribution is 2.30. The molecule has 1 rings (SSSR count). The first-order chi connectivity index (χ1) is 7.31. The van der Waals surface area contributed by atoms with Crippen molar-refractivity contribution in [2.45, 2.75) is 20.8 Å². The van der Waals surface area contributed by atoms with Gasteiger partial charge in [-0.3, -0.25) is 0 Å². The van der Waals surface area contributed by atoms with Crippen LogP contribution < -0.4 is 14.2 Å². The molecule has 0 aliphatic carbocycles. The molecule has 0 heterocycles. The summed E-state index contributed by atoms with van der Waals surface area (Å²) in [5, 5.41) is 0. The first kappa shape index (κ1) is 11.7.